The van der Waals surface area contributed by atoms with Crippen LogP contribution in [0.5, 0.6) is 0 Å². The summed E-state index contributed by atoms with van der Waals surface area (Å²) in [5.74, 6) is 0.308. The minimum absolute atomic E-state index is 0.118. The third-order valence-electron chi connectivity index (χ3n) is 6.01. The fourth-order valence-corrected chi connectivity index (χ4v) is 4.28. The molecule has 2 aromatic heterocycles. The van der Waals surface area contributed by atoms with E-state index in [4.69, 9.17) is 10.2 Å². The first-order chi connectivity index (χ1) is 16.4. The molecule has 0 spiro atoms. The van der Waals surface area contributed by atoms with Crippen LogP contribution in [0.3, 0.4) is 0 Å². The first kappa shape index (κ1) is 21.7. The molecule has 174 valence electrons. The van der Waals surface area contributed by atoms with Crippen molar-refractivity contribution in [2.45, 2.75) is 19.9 Å². The van der Waals surface area contributed by atoms with Crippen LogP contribution in [0.2, 0.25) is 0 Å². The molecule has 1 saturated heterocycles. The number of aromatic amines is 1. The SMILES string of the molecule is CC(=O)C1CN(c2ccccc2-c2nc(N)nc(Nc3ccc4oc(=O)[nH]c4c3)c2C)CCN1. The quantitative estimate of drug-likeness (QED) is 0.354. The Balaban J connectivity index is 1.53. The van der Waals surface area contributed by atoms with Gasteiger partial charge in [-0.15, -0.1) is 0 Å². The van der Waals surface area contributed by atoms with Crippen LogP contribution in [-0.4, -0.2) is 46.4 Å². The largest absolute Gasteiger partial charge is 0.417 e. The molecule has 4 aromatic rings. The maximum absolute atomic E-state index is 12.0. The van der Waals surface area contributed by atoms with Gasteiger partial charge in [-0.25, -0.2) is 9.78 Å². The Labute approximate surface area is 195 Å². The molecule has 1 unspecified atom stereocenters. The number of fused-ring (bicyclic) bond motifs is 1. The van der Waals surface area contributed by atoms with Gasteiger partial charge in [0.15, 0.2) is 5.58 Å². The number of hydrogen-bond acceptors (Lipinski definition) is 9. The molecular weight excluding hydrogens is 434 g/mol. The monoisotopic (exact) mass is 459 g/mol. The summed E-state index contributed by atoms with van der Waals surface area (Å²) >= 11 is 0. The summed E-state index contributed by atoms with van der Waals surface area (Å²) in [6.07, 6.45) is 0. The Hall–Kier alpha value is -4.18. The first-order valence-corrected chi connectivity index (χ1v) is 11.0. The Bertz CT molecular complexity index is 1440. The van der Waals surface area contributed by atoms with Crippen LogP contribution in [0.15, 0.2) is 51.7 Å². The third-order valence-corrected chi connectivity index (χ3v) is 6.01. The van der Waals surface area contributed by atoms with E-state index in [1.807, 2.05) is 31.2 Å². The Morgan fingerprint density at radius 2 is 2.06 bits per heavy atom. The molecule has 0 saturated carbocycles. The van der Waals surface area contributed by atoms with Gasteiger partial charge >= 0.3 is 5.76 Å². The zero-order valence-corrected chi connectivity index (χ0v) is 18.9. The zero-order chi connectivity index (χ0) is 23.8. The number of para-hydroxylation sites is 1. The minimum Gasteiger partial charge on any atom is -0.408 e. The number of benzene rings is 2. The highest BCUT2D eigenvalue weighted by molar-refractivity contribution is 5.85. The van der Waals surface area contributed by atoms with E-state index < -0.39 is 5.76 Å². The molecule has 0 amide bonds. The number of nitrogen functional groups attached to an aromatic ring is 1. The van der Waals surface area contributed by atoms with Gasteiger partial charge < -0.3 is 25.7 Å². The summed E-state index contributed by atoms with van der Waals surface area (Å²) in [6, 6.07) is 13.0. The van der Waals surface area contributed by atoms with Gasteiger partial charge in [-0.05, 0) is 38.1 Å². The molecule has 34 heavy (non-hydrogen) atoms. The molecule has 1 atom stereocenters. The molecule has 1 fully saturated rings. The van der Waals surface area contributed by atoms with Gasteiger partial charge in [-0.3, -0.25) is 9.78 Å². The third kappa shape index (κ3) is 4.11. The molecule has 2 aromatic carbocycles. The second-order valence-corrected chi connectivity index (χ2v) is 8.34. The molecule has 3 heterocycles. The van der Waals surface area contributed by atoms with Gasteiger partial charge in [0.05, 0.1) is 17.3 Å². The van der Waals surface area contributed by atoms with Crippen molar-refractivity contribution in [2.75, 3.05) is 35.6 Å². The number of rotatable bonds is 5. The molecule has 10 nitrogen and oxygen atoms in total. The summed E-state index contributed by atoms with van der Waals surface area (Å²) in [4.78, 5) is 37.3. The highest BCUT2D eigenvalue weighted by Gasteiger charge is 2.25. The van der Waals surface area contributed by atoms with Gasteiger partial charge in [0.1, 0.15) is 11.6 Å². The van der Waals surface area contributed by atoms with Crippen LogP contribution in [0.1, 0.15) is 12.5 Å². The molecule has 1 aliphatic heterocycles. The average Bonchev–Trinajstić information content (AvgIpc) is 3.20. The topological polar surface area (TPSA) is 142 Å². The predicted molar refractivity (Wildman–Crippen MR) is 131 cm³/mol. The first-order valence-electron chi connectivity index (χ1n) is 11.0. The summed E-state index contributed by atoms with van der Waals surface area (Å²) in [5, 5.41) is 6.56. The van der Waals surface area contributed by atoms with Crippen LogP contribution >= 0.6 is 0 Å². The average molecular weight is 460 g/mol. The van der Waals surface area contributed by atoms with Crippen molar-refractivity contribution < 1.29 is 9.21 Å². The summed E-state index contributed by atoms with van der Waals surface area (Å²) in [5.41, 5.74) is 11.3. The lowest BCUT2D eigenvalue weighted by Gasteiger charge is -2.35. The number of piperazine rings is 1. The number of aromatic nitrogens is 3. The minimum atomic E-state index is -0.506. The molecule has 5 N–H and O–H groups in total. The lowest BCUT2D eigenvalue weighted by Crippen LogP contribution is -2.53. The van der Waals surface area contributed by atoms with Gasteiger partial charge in [0.25, 0.3) is 0 Å². The molecular formula is C24H25N7O3. The van der Waals surface area contributed by atoms with E-state index in [-0.39, 0.29) is 17.8 Å². The summed E-state index contributed by atoms with van der Waals surface area (Å²) < 4.78 is 5.07. The molecule has 0 bridgehead atoms. The fraction of sp³-hybridized carbons (Fsp3) is 0.250. The normalized spacial score (nSPS) is 16.1. The van der Waals surface area contributed by atoms with Crippen molar-refractivity contribution in [3.63, 3.8) is 0 Å². The molecule has 0 aliphatic carbocycles. The maximum Gasteiger partial charge on any atom is 0.417 e. The fourth-order valence-electron chi connectivity index (χ4n) is 4.28. The number of carbonyl (C=O) groups excluding carboxylic acids is 1. The number of Topliss-reactive ketones (excluding diaryl/α,β-unsaturated/α-hetero) is 1. The van der Waals surface area contributed by atoms with Crippen molar-refractivity contribution in [2.24, 2.45) is 0 Å². The Morgan fingerprint density at radius 1 is 1.24 bits per heavy atom. The van der Waals surface area contributed by atoms with E-state index in [0.717, 1.165) is 35.6 Å². The summed E-state index contributed by atoms with van der Waals surface area (Å²) in [7, 11) is 0. The lowest BCUT2D eigenvalue weighted by atomic mass is 10.0. The highest BCUT2D eigenvalue weighted by atomic mass is 16.4. The second kappa shape index (κ2) is 8.64. The van der Waals surface area contributed by atoms with Crippen molar-refractivity contribution in [3.05, 3.63) is 58.6 Å². The lowest BCUT2D eigenvalue weighted by molar-refractivity contribution is -0.118. The molecule has 1 aliphatic rings. The zero-order valence-electron chi connectivity index (χ0n) is 18.9. The number of H-pyrrole nitrogens is 1. The van der Waals surface area contributed by atoms with E-state index in [2.05, 4.69) is 30.5 Å². The number of nitrogens with two attached hydrogens (primary N) is 1. The van der Waals surface area contributed by atoms with Crippen LogP contribution in [0.25, 0.3) is 22.4 Å². The number of hydrogen-bond donors (Lipinski definition) is 4. The predicted octanol–water partition coefficient (Wildman–Crippen LogP) is 2.58. The smallest absolute Gasteiger partial charge is 0.408 e. The van der Waals surface area contributed by atoms with Gasteiger partial charge in [-0.2, -0.15) is 4.98 Å². The van der Waals surface area contributed by atoms with Crippen LogP contribution in [0.4, 0.5) is 23.1 Å². The van der Waals surface area contributed by atoms with Gasteiger partial charge in [0.2, 0.25) is 5.95 Å². The number of nitrogens with one attached hydrogen (secondary N) is 3. The maximum atomic E-state index is 12.0. The Morgan fingerprint density at radius 3 is 2.88 bits per heavy atom. The van der Waals surface area contributed by atoms with Crippen LogP contribution < -0.4 is 27.0 Å². The van der Waals surface area contributed by atoms with E-state index in [0.29, 0.717) is 29.2 Å². The van der Waals surface area contributed by atoms with Crippen molar-refractivity contribution >= 4 is 40.0 Å². The number of anilines is 4. The molecule has 5 rings (SSSR count). The molecule has 0 radical (unpaired) electrons. The van der Waals surface area contributed by atoms with E-state index in [1.54, 1.807) is 25.1 Å². The number of nitrogens with zero attached hydrogens (tertiary/aromatic N) is 3. The van der Waals surface area contributed by atoms with Crippen molar-refractivity contribution in [3.8, 4) is 11.3 Å². The highest BCUT2D eigenvalue weighted by Crippen LogP contribution is 2.35. The standard InChI is InChI=1S/C24H25N7O3/c1-13-21(16-5-3-4-6-19(16)31-10-9-26-18(12-31)14(2)32)29-23(25)30-22(13)27-15-7-8-20-17(11-15)28-24(33)34-20/h3-8,11,18,26H,9-10,12H2,1-2H3,(H,28,33)(H3,25,27,29,30). The number of oxazole rings is 1. The van der Waals surface area contributed by atoms with E-state index in [9.17, 15) is 9.59 Å². The van der Waals surface area contributed by atoms with E-state index in [1.165, 1.54) is 0 Å². The summed E-state index contributed by atoms with van der Waals surface area (Å²) in [6.45, 7) is 5.61. The Kier molecular flexibility index (Phi) is 5.50. The van der Waals surface area contributed by atoms with Crippen molar-refractivity contribution in [1.29, 1.82) is 0 Å². The van der Waals surface area contributed by atoms with Crippen LogP contribution in [-0.2, 0) is 4.79 Å². The van der Waals surface area contributed by atoms with Crippen molar-refractivity contribution in [1.82, 2.24) is 20.3 Å². The van der Waals surface area contributed by atoms with Crippen LogP contribution in [0, 0.1) is 6.92 Å². The van der Waals surface area contributed by atoms with E-state index >= 15 is 0 Å². The van der Waals surface area contributed by atoms with Gasteiger partial charge in [0, 0.05) is 42.1 Å². The number of carbonyl (C=O) groups is 1. The second-order valence-electron chi connectivity index (χ2n) is 8.34. The number of ketones is 1. The molecule has 10 heteroatoms. The van der Waals surface area contributed by atoms with Gasteiger partial charge in [-0.1, -0.05) is 18.2 Å².